The number of ether oxygens (including phenoxy) is 4. The maximum absolute atomic E-state index is 11.0. The summed E-state index contributed by atoms with van der Waals surface area (Å²) in [5.41, 5.74) is 5.11. The molecule has 0 heterocycles. The molecule has 7 heteroatoms. The highest BCUT2D eigenvalue weighted by Crippen LogP contribution is 2.21. The Morgan fingerprint density at radius 2 is 1.50 bits per heavy atom. The summed E-state index contributed by atoms with van der Waals surface area (Å²) in [6.45, 7) is 8.52. The minimum atomic E-state index is -1.48. The van der Waals surface area contributed by atoms with Crippen molar-refractivity contribution < 1.29 is 23.7 Å². The van der Waals surface area contributed by atoms with E-state index in [0.29, 0.717) is 26.4 Å². The fraction of sp³-hybridized carbons (Fsp3) is 0.909. The van der Waals surface area contributed by atoms with Crippen molar-refractivity contribution in [3.05, 3.63) is 0 Å². The average Bonchev–Trinajstić information content (AvgIpc) is 2.29. The molecule has 0 aromatic rings. The van der Waals surface area contributed by atoms with Crippen molar-refractivity contribution >= 4 is 6.03 Å². The molecule has 0 aromatic heterocycles. The minimum absolute atomic E-state index is 0.337. The summed E-state index contributed by atoms with van der Waals surface area (Å²) in [5.74, 6) is -1.48. The van der Waals surface area contributed by atoms with Gasteiger partial charge in [0.25, 0.3) is 0 Å². The number of urea groups is 1. The third kappa shape index (κ3) is 5.18. The van der Waals surface area contributed by atoms with Gasteiger partial charge in [0.05, 0.1) is 0 Å². The normalized spacial score (nSPS) is 13.3. The second kappa shape index (κ2) is 9.09. The Morgan fingerprint density at radius 1 is 1.06 bits per heavy atom. The quantitative estimate of drug-likeness (QED) is 0.569. The lowest BCUT2D eigenvalue weighted by molar-refractivity contribution is -0.417. The van der Waals surface area contributed by atoms with Crippen LogP contribution in [0.5, 0.6) is 0 Å². The lowest BCUT2D eigenvalue weighted by Gasteiger charge is -2.37. The molecule has 0 aliphatic rings. The second-order valence-electron chi connectivity index (χ2n) is 3.25. The molecule has 0 aliphatic heterocycles. The average molecular weight is 264 g/mol. The van der Waals surface area contributed by atoms with Crippen molar-refractivity contribution in [2.75, 3.05) is 26.4 Å². The van der Waals surface area contributed by atoms with Gasteiger partial charge < -0.3 is 30.0 Å². The molecular formula is C11H24N2O5. The SMILES string of the molecule is CCOC(NC(N)=O)C(OCC)(OCC)OCC. The highest BCUT2D eigenvalue weighted by atomic mass is 16.9. The first-order valence-corrected chi connectivity index (χ1v) is 6.15. The summed E-state index contributed by atoms with van der Waals surface area (Å²) in [7, 11) is 0. The van der Waals surface area contributed by atoms with Gasteiger partial charge in [-0.05, 0) is 27.7 Å². The summed E-state index contributed by atoms with van der Waals surface area (Å²) >= 11 is 0. The van der Waals surface area contributed by atoms with Crippen molar-refractivity contribution in [2.24, 2.45) is 5.73 Å². The molecule has 0 fully saturated rings. The van der Waals surface area contributed by atoms with Crippen molar-refractivity contribution in [3.8, 4) is 0 Å². The van der Waals surface area contributed by atoms with E-state index >= 15 is 0 Å². The van der Waals surface area contributed by atoms with Gasteiger partial charge in [-0.2, -0.15) is 0 Å². The fourth-order valence-corrected chi connectivity index (χ4v) is 1.48. The van der Waals surface area contributed by atoms with Crippen molar-refractivity contribution in [1.29, 1.82) is 0 Å². The van der Waals surface area contributed by atoms with Crippen molar-refractivity contribution in [2.45, 2.75) is 39.9 Å². The number of hydrogen-bond acceptors (Lipinski definition) is 5. The van der Waals surface area contributed by atoms with Gasteiger partial charge in [0.2, 0.25) is 6.23 Å². The first-order chi connectivity index (χ1) is 8.56. The number of nitrogens with two attached hydrogens (primary N) is 1. The second-order valence-corrected chi connectivity index (χ2v) is 3.25. The Hall–Kier alpha value is -0.890. The first kappa shape index (κ1) is 17.1. The van der Waals surface area contributed by atoms with Gasteiger partial charge in [-0.15, -0.1) is 0 Å². The number of nitrogens with one attached hydrogen (secondary N) is 1. The van der Waals surface area contributed by atoms with Gasteiger partial charge in [-0.1, -0.05) is 0 Å². The Balaban J connectivity index is 5.06. The molecule has 18 heavy (non-hydrogen) atoms. The standard InChI is InChI=1S/C11H24N2O5/c1-5-15-9(13-10(12)14)11(16-6-2,17-7-3)18-8-4/h9H,5-8H2,1-4H3,(H3,12,13,14). The molecule has 0 rings (SSSR count). The van der Waals surface area contributed by atoms with E-state index in [1.807, 2.05) is 0 Å². The Morgan fingerprint density at radius 3 is 1.78 bits per heavy atom. The van der Waals surface area contributed by atoms with Crippen LogP contribution in [0.2, 0.25) is 0 Å². The summed E-state index contributed by atoms with van der Waals surface area (Å²) in [5, 5.41) is 2.42. The smallest absolute Gasteiger partial charge is 0.330 e. The van der Waals surface area contributed by atoms with E-state index < -0.39 is 18.2 Å². The lowest BCUT2D eigenvalue weighted by atomic mass is 10.4. The first-order valence-electron chi connectivity index (χ1n) is 6.15. The monoisotopic (exact) mass is 264 g/mol. The van der Waals surface area contributed by atoms with Crippen LogP contribution in [0.3, 0.4) is 0 Å². The number of carbonyl (C=O) groups excluding carboxylic acids is 1. The molecule has 3 N–H and O–H groups in total. The summed E-state index contributed by atoms with van der Waals surface area (Å²) in [6, 6.07) is -0.739. The molecule has 0 aliphatic carbocycles. The maximum atomic E-state index is 11.0. The number of amides is 2. The van der Waals surface area contributed by atoms with Crippen LogP contribution in [-0.2, 0) is 18.9 Å². The Kier molecular flexibility index (Phi) is 8.65. The van der Waals surface area contributed by atoms with Crippen LogP contribution >= 0.6 is 0 Å². The summed E-state index contributed by atoms with van der Waals surface area (Å²) in [4.78, 5) is 11.0. The third-order valence-corrected chi connectivity index (χ3v) is 1.96. The highest BCUT2D eigenvalue weighted by Gasteiger charge is 2.44. The summed E-state index contributed by atoms with van der Waals surface area (Å²) in [6.07, 6.45) is -0.931. The van der Waals surface area contributed by atoms with Gasteiger partial charge in [-0.25, -0.2) is 4.79 Å². The molecule has 0 radical (unpaired) electrons. The lowest BCUT2D eigenvalue weighted by Crippen LogP contribution is -2.60. The zero-order valence-corrected chi connectivity index (χ0v) is 11.5. The molecule has 108 valence electrons. The zero-order chi connectivity index (χ0) is 14.0. The number of hydrogen-bond donors (Lipinski definition) is 2. The fourth-order valence-electron chi connectivity index (χ4n) is 1.48. The van der Waals surface area contributed by atoms with E-state index in [-0.39, 0.29) is 0 Å². The van der Waals surface area contributed by atoms with Crippen LogP contribution in [0.15, 0.2) is 0 Å². The molecule has 1 unspecified atom stereocenters. The molecule has 0 saturated carbocycles. The van der Waals surface area contributed by atoms with E-state index in [1.54, 1.807) is 27.7 Å². The van der Waals surface area contributed by atoms with Gasteiger partial charge >= 0.3 is 12.0 Å². The van der Waals surface area contributed by atoms with E-state index in [2.05, 4.69) is 5.32 Å². The van der Waals surface area contributed by atoms with E-state index in [1.165, 1.54) is 0 Å². The number of primary amides is 1. The van der Waals surface area contributed by atoms with Crippen LogP contribution in [0.4, 0.5) is 4.79 Å². The van der Waals surface area contributed by atoms with Crippen molar-refractivity contribution in [3.63, 3.8) is 0 Å². The van der Waals surface area contributed by atoms with Crippen LogP contribution in [0, 0.1) is 0 Å². The third-order valence-electron chi connectivity index (χ3n) is 1.96. The zero-order valence-electron chi connectivity index (χ0n) is 11.5. The molecule has 1 atom stereocenters. The van der Waals surface area contributed by atoms with Gasteiger partial charge in [-0.3, -0.25) is 0 Å². The minimum Gasteiger partial charge on any atom is -0.352 e. The molecular weight excluding hydrogens is 240 g/mol. The number of carbonyl (C=O) groups is 1. The largest absolute Gasteiger partial charge is 0.352 e. The maximum Gasteiger partial charge on any atom is 0.330 e. The summed E-state index contributed by atoms with van der Waals surface area (Å²) < 4.78 is 21.8. The van der Waals surface area contributed by atoms with E-state index in [9.17, 15) is 4.79 Å². The topological polar surface area (TPSA) is 92.0 Å². The van der Waals surface area contributed by atoms with Crippen LogP contribution in [-0.4, -0.2) is 44.7 Å². The molecule has 0 bridgehead atoms. The molecule has 7 nitrogen and oxygen atoms in total. The molecule has 0 aromatic carbocycles. The Labute approximate surface area is 108 Å². The van der Waals surface area contributed by atoms with E-state index in [4.69, 9.17) is 24.7 Å². The van der Waals surface area contributed by atoms with Gasteiger partial charge in [0.15, 0.2) is 0 Å². The predicted octanol–water partition coefficient (Wildman–Crippen LogP) is 0.781. The van der Waals surface area contributed by atoms with Gasteiger partial charge in [0.1, 0.15) is 0 Å². The molecule has 2 amide bonds. The van der Waals surface area contributed by atoms with Crippen molar-refractivity contribution in [1.82, 2.24) is 5.32 Å². The molecule has 0 saturated heterocycles. The molecule has 0 spiro atoms. The predicted molar refractivity (Wildman–Crippen MR) is 65.7 cm³/mol. The van der Waals surface area contributed by atoms with Crippen LogP contribution in [0.1, 0.15) is 27.7 Å². The number of rotatable bonds is 10. The van der Waals surface area contributed by atoms with Gasteiger partial charge in [0, 0.05) is 26.4 Å². The highest BCUT2D eigenvalue weighted by molar-refractivity contribution is 5.71. The van der Waals surface area contributed by atoms with Crippen LogP contribution in [0.25, 0.3) is 0 Å². The Bertz CT molecular complexity index is 220. The van der Waals surface area contributed by atoms with Crippen LogP contribution < -0.4 is 11.1 Å². The van der Waals surface area contributed by atoms with E-state index in [0.717, 1.165) is 0 Å².